The third-order valence-corrected chi connectivity index (χ3v) is 3.68. The molecule has 0 bridgehead atoms. The van der Waals surface area contributed by atoms with E-state index in [0.717, 1.165) is 4.34 Å². The molecule has 1 rings (SSSR count). The zero-order chi connectivity index (χ0) is 10.9. The largest absolute Gasteiger partial charge is 0.477 e. The smallest absolute Gasteiger partial charge is 0.347 e. The molecule has 0 amide bonds. The number of thiazole rings is 1. The fourth-order valence-corrected chi connectivity index (χ4v) is 3.39. The van der Waals surface area contributed by atoms with E-state index >= 15 is 0 Å². The summed E-state index contributed by atoms with van der Waals surface area (Å²) in [5.41, 5.74) is 0.606. The molecule has 0 fully saturated rings. The summed E-state index contributed by atoms with van der Waals surface area (Å²) in [4.78, 5) is 15.3. The fourth-order valence-electron chi connectivity index (χ4n) is 0.876. The van der Waals surface area contributed by atoms with E-state index in [1.807, 2.05) is 0 Å². The lowest BCUT2D eigenvalue weighted by atomic mass is 10.3. The lowest BCUT2D eigenvalue weighted by Crippen LogP contribution is -2.06. The van der Waals surface area contributed by atoms with Crippen LogP contribution in [0.3, 0.4) is 0 Å². The minimum absolute atomic E-state index is 0.0695. The van der Waals surface area contributed by atoms with Crippen LogP contribution < -0.4 is 0 Å². The molecule has 0 saturated heterocycles. The van der Waals surface area contributed by atoms with Crippen LogP contribution in [0, 0.1) is 6.92 Å². The van der Waals surface area contributed by atoms with Crippen molar-refractivity contribution in [3.63, 3.8) is 0 Å². The highest BCUT2D eigenvalue weighted by molar-refractivity contribution is 8.02. The van der Waals surface area contributed by atoms with E-state index in [-0.39, 0.29) is 4.75 Å². The Morgan fingerprint density at radius 3 is 2.43 bits per heavy atom. The van der Waals surface area contributed by atoms with E-state index < -0.39 is 5.97 Å². The predicted molar refractivity (Wildman–Crippen MR) is 59.4 cm³/mol. The lowest BCUT2D eigenvalue weighted by molar-refractivity contribution is 0.0701. The fraction of sp³-hybridized carbons (Fsp3) is 0.556. The van der Waals surface area contributed by atoms with Gasteiger partial charge in [-0.15, -0.1) is 11.3 Å². The molecule has 1 aromatic rings. The van der Waals surface area contributed by atoms with Gasteiger partial charge < -0.3 is 5.11 Å². The third-order valence-electron chi connectivity index (χ3n) is 1.36. The summed E-state index contributed by atoms with van der Waals surface area (Å²) in [6, 6.07) is 0. The van der Waals surface area contributed by atoms with Crippen molar-refractivity contribution in [3.8, 4) is 0 Å². The summed E-state index contributed by atoms with van der Waals surface area (Å²) < 4.78 is 0.896. The number of rotatable bonds is 2. The van der Waals surface area contributed by atoms with Crippen LogP contribution >= 0.6 is 23.1 Å². The van der Waals surface area contributed by atoms with E-state index in [2.05, 4.69) is 25.8 Å². The molecule has 1 aromatic heterocycles. The summed E-state index contributed by atoms with van der Waals surface area (Å²) in [5.74, 6) is -0.888. The second kappa shape index (κ2) is 3.90. The van der Waals surface area contributed by atoms with Crippen molar-refractivity contribution in [3.05, 3.63) is 10.6 Å². The molecule has 0 aliphatic carbocycles. The van der Waals surface area contributed by atoms with Gasteiger partial charge in [-0.3, -0.25) is 0 Å². The van der Waals surface area contributed by atoms with E-state index in [1.165, 1.54) is 11.3 Å². The van der Waals surface area contributed by atoms with E-state index in [1.54, 1.807) is 18.7 Å². The quantitative estimate of drug-likeness (QED) is 0.795. The first kappa shape index (κ1) is 11.5. The van der Waals surface area contributed by atoms with Gasteiger partial charge in [0, 0.05) is 4.75 Å². The van der Waals surface area contributed by atoms with E-state index in [4.69, 9.17) is 5.11 Å². The molecule has 0 aliphatic heterocycles. The van der Waals surface area contributed by atoms with Crippen molar-refractivity contribution in [2.75, 3.05) is 0 Å². The Morgan fingerprint density at radius 2 is 2.07 bits per heavy atom. The first-order valence-electron chi connectivity index (χ1n) is 4.19. The lowest BCUT2D eigenvalue weighted by Gasteiger charge is -2.14. The van der Waals surface area contributed by atoms with Gasteiger partial charge in [-0.1, -0.05) is 32.5 Å². The zero-order valence-corrected chi connectivity index (χ0v) is 10.3. The molecule has 5 heteroatoms. The number of carbonyl (C=O) groups is 1. The SMILES string of the molecule is Cc1nc(SC(C)(C)C)sc1C(=O)O. The number of nitrogens with zero attached hydrogens (tertiary/aromatic N) is 1. The Labute approximate surface area is 91.6 Å². The molecule has 0 atom stereocenters. The number of hydrogen-bond acceptors (Lipinski definition) is 4. The molecule has 3 nitrogen and oxygen atoms in total. The molecule has 0 aliphatic rings. The highest BCUT2D eigenvalue weighted by Gasteiger charge is 2.19. The van der Waals surface area contributed by atoms with Crippen LogP contribution in [0.2, 0.25) is 0 Å². The number of carboxylic acid groups (broad SMARTS) is 1. The average Bonchev–Trinajstić information content (AvgIpc) is 2.26. The maximum absolute atomic E-state index is 10.8. The second-order valence-electron chi connectivity index (χ2n) is 3.91. The van der Waals surface area contributed by atoms with E-state index in [0.29, 0.717) is 10.6 Å². The number of thioether (sulfide) groups is 1. The number of aromatic nitrogens is 1. The summed E-state index contributed by atoms with van der Waals surface area (Å²) in [7, 11) is 0. The predicted octanol–water partition coefficient (Wildman–Crippen LogP) is 3.04. The minimum atomic E-state index is -0.888. The Morgan fingerprint density at radius 1 is 1.50 bits per heavy atom. The van der Waals surface area contributed by atoms with Gasteiger partial charge in [0.1, 0.15) is 4.88 Å². The number of hydrogen-bond donors (Lipinski definition) is 1. The van der Waals surface area contributed by atoms with Gasteiger partial charge in [-0.2, -0.15) is 0 Å². The van der Waals surface area contributed by atoms with Crippen molar-refractivity contribution >= 4 is 29.1 Å². The summed E-state index contributed by atoms with van der Waals surface area (Å²) >= 11 is 2.84. The van der Waals surface area contributed by atoms with Crippen molar-refractivity contribution in [2.45, 2.75) is 36.8 Å². The Kier molecular flexibility index (Phi) is 3.21. The first-order valence-corrected chi connectivity index (χ1v) is 5.82. The van der Waals surface area contributed by atoms with Crippen molar-refractivity contribution in [1.29, 1.82) is 0 Å². The Hall–Kier alpha value is -0.550. The monoisotopic (exact) mass is 231 g/mol. The highest BCUT2D eigenvalue weighted by atomic mass is 32.2. The van der Waals surface area contributed by atoms with Crippen LogP contribution in [0.25, 0.3) is 0 Å². The molecule has 1 N–H and O–H groups in total. The molecule has 0 saturated carbocycles. The molecule has 78 valence electrons. The maximum atomic E-state index is 10.8. The number of aryl methyl sites for hydroxylation is 1. The first-order chi connectivity index (χ1) is 6.29. The third kappa shape index (κ3) is 2.99. The van der Waals surface area contributed by atoms with Crippen molar-refractivity contribution in [1.82, 2.24) is 4.98 Å². The summed E-state index contributed by atoms with van der Waals surface area (Å²) in [6.07, 6.45) is 0. The normalized spacial score (nSPS) is 11.7. The van der Waals surface area contributed by atoms with Crippen molar-refractivity contribution in [2.24, 2.45) is 0 Å². The van der Waals surface area contributed by atoms with Crippen LogP contribution in [0.4, 0.5) is 0 Å². The standard InChI is InChI=1S/C9H13NO2S2/c1-5-6(7(11)12)13-8(10-5)14-9(2,3)4/h1-4H3,(H,11,12). The van der Waals surface area contributed by atoms with E-state index in [9.17, 15) is 4.79 Å². The van der Waals surface area contributed by atoms with Crippen LogP contribution in [-0.2, 0) is 0 Å². The van der Waals surface area contributed by atoms with Gasteiger partial charge >= 0.3 is 5.97 Å². The minimum Gasteiger partial charge on any atom is -0.477 e. The second-order valence-corrected chi connectivity index (χ2v) is 6.99. The Balaban J connectivity index is 2.92. The zero-order valence-electron chi connectivity index (χ0n) is 8.62. The molecular formula is C9H13NO2S2. The number of carboxylic acids is 1. The van der Waals surface area contributed by atoms with Crippen LogP contribution in [0.5, 0.6) is 0 Å². The van der Waals surface area contributed by atoms with Crippen LogP contribution in [0.15, 0.2) is 4.34 Å². The van der Waals surface area contributed by atoms with Crippen molar-refractivity contribution < 1.29 is 9.90 Å². The molecular weight excluding hydrogens is 218 g/mol. The van der Waals surface area contributed by atoms with Gasteiger partial charge in [0.25, 0.3) is 0 Å². The number of aromatic carboxylic acids is 1. The summed E-state index contributed by atoms with van der Waals surface area (Å²) in [5, 5.41) is 8.84. The van der Waals surface area contributed by atoms with Gasteiger partial charge in [0.15, 0.2) is 4.34 Å². The van der Waals surface area contributed by atoms with Crippen LogP contribution in [0.1, 0.15) is 36.1 Å². The topological polar surface area (TPSA) is 50.2 Å². The molecule has 0 spiro atoms. The average molecular weight is 231 g/mol. The molecule has 0 unspecified atom stereocenters. The summed E-state index contributed by atoms with van der Waals surface area (Å²) in [6.45, 7) is 7.96. The molecule has 14 heavy (non-hydrogen) atoms. The van der Waals surface area contributed by atoms with Gasteiger partial charge in [-0.25, -0.2) is 9.78 Å². The molecule has 0 radical (unpaired) electrons. The van der Waals surface area contributed by atoms with Gasteiger partial charge in [-0.05, 0) is 6.92 Å². The Bertz CT molecular complexity index is 352. The van der Waals surface area contributed by atoms with Gasteiger partial charge in [0.2, 0.25) is 0 Å². The molecule has 1 heterocycles. The molecule has 0 aromatic carbocycles. The maximum Gasteiger partial charge on any atom is 0.347 e. The van der Waals surface area contributed by atoms with Crippen LogP contribution in [-0.4, -0.2) is 20.8 Å². The highest BCUT2D eigenvalue weighted by Crippen LogP contribution is 2.35. The van der Waals surface area contributed by atoms with Gasteiger partial charge in [0.05, 0.1) is 5.69 Å².